The molecule has 0 radical (unpaired) electrons. The molecule has 0 unspecified atom stereocenters. The molecule has 0 fully saturated rings. The molecule has 0 saturated heterocycles. The van der Waals surface area contributed by atoms with E-state index in [0.29, 0.717) is 36.1 Å². The number of nitrogens with zero attached hydrogens (tertiary/aromatic N) is 2. The second kappa shape index (κ2) is 12.1. The number of nitrogens with one attached hydrogen (secondary N) is 1. The van der Waals surface area contributed by atoms with Crippen LogP contribution in [0, 0.1) is 21.4 Å². The summed E-state index contributed by atoms with van der Waals surface area (Å²) in [5.74, 6) is 1.81. The van der Waals surface area contributed by atoms with Crippen molar-refractivity contribution in [2.75, 3.05) is 0 Å². The molecule has 9 heteroatoms. The second-order valence-electron chi connectivity index (χ2n) is 11.3. The third-order valence-electron chi connectivity index (χ3n) is 7.47. The highest BCUT2D eigenvalue weighted by atomic mass is 32.1. The van der Waals surface area contributed by atoms with Crippen molar-refractivity contribution >= 4 is 34.1 Å². The zero-order chi connectivity index (χ0) is 29.0. The standard InChI is InChI=1S/C32H33N3O5S/c1-32(2,3)23-10-15-27-28(17-23)41-31(29(27)30(36)33-19-26-5-4-16-39-26)34-18-21-8-13-25(14-9-21)40-20-22-6-11-24(12-7-22)35(37)38/h4-9,11-14,16,18,23H,10,15,17,19-20H2,1-3H3,(H,33,36)/t23-/m0/s1. The van der Waals surface area contributed by atoms with E-state index < -0.39 is 4.92 Å². The van der Waals surface area contributed by atoms with E-state index >= 15 is 0 Å². The van der Waals surface area contributed by atoms with Crippen molar-refractivity contribution in [1.82, 2.24) is 5.32 Å². The average molecular weight is 572 g/mol. The molecule has 1 aliphatic rings. The van der Waals surface area contributed by atoms with Crippen LogP contribution in [-0.4, -0.2) is 17.0 Å². The van der Waals surface area contributed by atoms with Crippen LogP contribution in [0.15, 0.2) is 76.3 Å². The van der Waals surface area contributed by atoms with Crippen LogP contribution in [0.3, 0.4) is 0 Å². The Morgan fingerprint density at radius 2 is 1.93 bits per heavy atom. The number of thiophene rings is 1. The third kappa shape index (κ3) is 6.92. The Kier molecular flexibility index (Phi) is 8.35. The average Bonchev–Trinajstić information content (AvgIpc) is 3.61. The van der Waals surface area contributed by atoms with E-state index in [-0.39, 0.29) is 17.0 Å². The van der Waals surface area contributed by atoms with Crippen molar-refractivity contribution < 1.29 is 18.9 Å². The van der Waals surface area contributed by atoms with Gasteiger partial charge in [-0.15, -0.1) is 11.3 Å². The largest absolute Gasteiger partial charge is 0.489 e. The molecule has 1 N–H and O–H groups in total. The number of hydrogen-bond acceptors (Lipinski definition) is 7. The Balaban J connectivity index is 1.30. The highest BCUT2D eigenvalue weighted by Crippen LogP contribution is 2.45. The van der Waals surface area contributed by atoms with Gasteiger partial charge in [-0.3, -0.25) is 14.9 Å². The van der Waals surface area contributed by atoms with E-state index in [1.165, 1.54) is 17.0 Å². The van der Waals surface area contributed by atoms with E-state index in [1.807, 2.05) is 36.4 Å². The lowest BCUT2D eigenvalue weighted by molar-refractivity contribution is -0.384. The first-order chi connectivity index (χ1) is 19.7. The fourth-order valence-electron chi connectivity index (χ4n) is 4.97. The van der Waals surface area contributed by atoms with Gasteiger partial charge in [0.05, 0.1) is 23.3 Å². The van der Waals surface area contributed by atoms with Gasteiger partial charge in [0.25, 0.3) is 11.6 Å². The van der Waals surface area contributed by atoms with Crippen LogP contribution < -0.4 is 10.1 Å². The number of hydrogen-bond donors (Lipinski definition) is 1. The number of aliphatic imine (C=N–C) groups is 1. The number of amides is 1. The van der Waals surface area contributed by atoms with Gasteiger partial charge in [0.1, 0.15) is 23.1 Å². The predicted octanol–water partition coefficient (Wildman–Crippen LogP) is 7.66. The topological polar surface area (TPSA) is 107 Å². The van der Waals surface area contributed by atoms with Crippen molar-refractivity contribution in [3.05, 3.63) is 110 Å². The SMILES string of the molecule is CC(C)(C)[C@H]1CCc2c(sc(N=Cc3ccc(OCc4ccc([N+](=O)[O-])cc4)cc3)c2C(=O)NCc2ccco2)C1. The lowest BCUT2D eigenvalue weighted by Crippen LogP contribution is -2.28. The Morgan fingerprint density at radius 1 is 1.17 bits per heavy atom. The van der Waals surface area contributed by atoms with Gasteiger partial charge in [-0.2, -0.15) is 0 Å². The first-order valence-corrected chi connectivity index (χ1v) is 14.4. The smallest absolute Gasteiger partial charge is 0.269 e. The summed E-state index contributed by atoms with van der Waals surface area (Å²) in [4.78, 5) is 29.9. The number of rotatable bonds is 9. The first-order valence-electron chi connectivity index (χ1n) is 13.6. The summed E-state index contributed by atoms with van der Waals surface area (Å²) in [5, 5.41) is 14.6. The molecule has 212 valence electrons. The number of nitro benzene ring substituents is 1. The number of carbonyl (C=O) groups excluding carboxylic acids is 1. The first kappa shape index (κ1) is 28.3. The molecule has 0 saturated carbocycles. The normalized spacial score (nSPS) is 15.0. The Hall–Kier alpha value is -4.24. The number of fused-ring (bicyclic) bond motifs is 1. The van der Waals surface area contributed by atoms with Gasteiger partial charge >= 0.3 is 0 Å². The van der Waals surface area contributed by atoms with Gasteiger partial charge in [-0.25, -0.2) is 4.99 Å². The van der Waals surface area contributed by atoms with Crippen molar-refractivity contribution in [1.29, 1.82) is 0 Å². The van der Waals surface area contributed by atoms with Gasteiger partial charge in [0.15, 0.2) is 0 Å². The molecule has 5 rings (SSSR count). The molecule has 2 aromatic carbocycles. The van der Waals surface area contributed by atoms with Crippen LogP contribution in [0.5, 0.6) is 5.75 Å². The number of ether oxygens (including phenoxy) is 1. The fourth-order valence-corrected chi connectivity index (χ4v) is 6.24. The zero-order valence-corrected chi connectivity index (χ0v) is 24.2. The zero-order valence-electron chi connectivity index (χ0n) is 23.4. The van der Waals surface area contributed by atoms with Crippen LogP contribution in [0.4, 0.5) is 10.7 Å². The van der Waals surface area contributed by atoms with Gasteiger partial charge in [0, 0.05) is 23.2 Å². The summed E-state index contributed by atoms with van der Waals surface area (Å²) in [6, 6.07) is 17.5. The maximum atomic E-state index is 13.4. The number of furan rings is 1. The van der Waals surface area contributed by atoms with E-state index in [0.717, 1.165) is 41.0 Å². The van der Waals surface area contributed by atoms with Crippen LogP contribution in [-0.2, 0) is 26.0 Å². The fraction of sp³-hybridized carbons (Fsp3) is 0.312. The minimum atomic E-state index is -0.421. The van der Waals surface area contributed by atoms with E-state index in [2.05, 4.69) is 26.1 Å². The quantitative estimate of drug-likeness (QED) is 0.126. The predicted molar refractivity (Wildman–Crippen MR) is 160 cm³/mol. The number of nitro groups is 1. The lowest BCUT2D eigenvalue weighted by Gasteiger charge is -2.33. The molecule has 0 aliphatic heterocycles. The summed E-state index contributed by atoms with van der Waals surface area (Å²) in [7, 11) is 0. The Bertz CT molecular complexity index is 1530. The number of carbonyl (C=O) groups is 1. The van der Waals surface area contributed by atoms with Crippen molar-refractivity contribution in [3.8, 4) is 5.75 Å². The molecule has 8 nitrogen and oxygen atoms in total. The van der Waals surface area contributed by atoms with Crippen LogP contribution >= 0.6 is 11.3 Å². The summed E-state index contributed by atoms with van der Waals surface area (Å²) >= 11 is 1.62. The van der Waals surface area contributed by atoms with Crippen molar-refractivity contribution in [2.24, 2.45) is 16.3 Å². The molecule has 2 heterocycles. The molecule has 1 atom stereocenters. The molecule has 0 spiro atoms. The summed E-state index contributed by atoms with van der Waals surface area (Å²) < 4.78 is 11.2. The van der Waals surface area contributed by atoms with Crippen molar-refractivity contribution in [3.63, 3.8) is 0 Å². The van der Waals surface area contributed by atoms with Gasteiger partial charge in [0.2, 0.25) is 0 Å². The highest BCUT2D eigenvalue weighted by molar-refractivity contribution is 7.16. The Labute approximate surface area is 243 Å². The van der Waals surface area contributed by atoms with Crippen LogP contribution in [0.1, 0.15) is 64.9 Å². The molecule has 4 aromatic rings. The molecule has 2 aromatic heterocycles. The molecule has 41 heavy (non-hydrogen) atoms. The second-order valence-corrected chi connectivity index (χ2v) is 12.4. The van der Waals surface area contributed by atoms with Gasteiger partial charge in [-0.1, -0.05) is 20.8 Å². The number of benzene rings is 2. The molecule has 1 amide bonds. The number of non-ortho nitro benzene ring substituents is 1. The lowest BCUT2D eigenvalue weighted by atomic mass is 9.72. The van der Waals surface area contributed by atoms with Crippen LogP contribution in [0.2, 0.25) is 0 Å². The summed E-state index contributed by atoms with van der Waals surface area (Å²) in [6.07, 6.45) is 6.26. The maximum absolute atomic E-state index is 13.4. The molecule has 0 bridgehead atoms. The van der Waals surface area contributed by atoms with E-state index in [1.54, 1.807) is 35.9 Å². The highest BCUT2D eigenvalue weighted by Gasteiger charge is 2.33. The minimum Gasteiger partial charge on any atom is -0.489 e. The van der Waals surface area contributed by atoms with E-state index in [4.69, 9.17) is 14.1 Å². The van der Waals surface area contributed by atoms with Gasteiger partial charge in [-0.05, 0) is 95.8 Å². The molecule has 1 aliphatic carbocycles. The molecular weight excluding hydrogens is 538 g/mol. The van der Waals surface area contributed by atoms with Crippen molar-refractivity contribution in [2.45, 2.75) is 53.2 Å². The summed E-state index contributed by atoms with van der Waals surface area (Å²) in [5.41, 5.74) is 3.77. The third-order valence-corrected chi connectivity index (χ3v) is 8.63. The molecular formula is C32H33N3O5S. The maximum Gasteiger partial charge on any atom is 0.269 e. The summed E-state index contributed by atoms with van der Waals surface area (Å²) in [6.45, 7) is 7.48. The van der Waals surface area contributed by atoms with Crippen LogP contribution in [0.25, 0.3) is 0 Å². The minimum absolute atomic E-state index is 0.0520. The van der Waals surface area contributed by atoms with Gasteiger partial charge < -0.3 is 14.5 Å². The monoisotopic (exact) mass is 571 g/mol. The van der Waals surface area contributed by atoms with E-state index in [9.17, 15) is 14.9 Å². The Morgan fingerprint density at radius 3 is 2.59 bits per heavy atom.